The molecule has 0 bridgehead atoms. The van der Waals surface area contributed by atoms with Gasteiger partial charge in [0.05, 0.1) is 10.4 Å². The average Bonchev–Trinajstić information content (AvgIpc) is 3.59. The molecule has 8 aromatic carbocycles. The van der Waals surface area contributed by atoms with Gasteiger partial charge in [-0.1, -0.05) is 109 Å². The molecule has 0 saturated heterocycles. The van der Waals surface area contributed by atoms with Crippen molar-refractivity contribution in [3.05, 3.63) is 212 Å². The minimum atomic E-state index is 1.09. The van der Waals surface area contributed by atoms with Gasteiger partial charge >= 0.3 is 0 Å². The van der Waals surface area contributed by atoms with Crippen LogP contribution in [-0.2, 0) is 0 Å². The van der Waals surface area contributed by atoms with E-state index in [0.29, 0.717) is 0 Å². The zero-order valence-corrected chi connectivity index (χ0v) is 29.3. The van der Waals surface area contributed by atoms with Crippen molar-refractivity contribution >= 4 is 82.7 Å². The van der Waals surface area contributed by atoms with Crippen LogP contribution < -0.4 is 14.7 Å². The molecule has 9 rings (SSSR count). The first-order chi connectivity index (χ1) is 25.8. The Morgan fingerprint density at radius 2 is 0.615 bits per heavy atom. The lowest BCUT2D eigenvalue weighted by Gasteiger charge is -2.30. The number of rotatable bonds is 9. The maximum atomic E-state index is 2.40. The van der Waals surface area contributed by atoms with Gasteiger partial charge in [0.25, 0.3) is 0 Å². The summed E-state index contributed by atoms with van der Waals surface area (Å²) in [5.74, 6) is 0. The Labute approximate surface area is 308 Å². The van der Waals surface area contributed by atoms with Crippen LogP contribution in [0.15, 0.2) is 212 Å². The van der Waals surface area contributed by atoms with Gasteiger partial charge in [-0.15, -0.1) is 11.3 Å². The molecule has 0 saturated carbocycles. The highest BCUT2D eigenvalue weighted by atomic mass is 32.1. The third kappa shape index (κ3) is 5.96. The molecule has 248 valence electrons. The lowest BCUT2D eigenvalue weighted by Crippen LogP contribution is -2.13. The van der Waals surface area contributed by atoms with E-state index in [2.05, 4.69) is 227 Å². The Morgan fingerprint density at radius 3 is 1.02 bits per heavy atom. The van der Waals surface area contributed by atoms with Crippen LogP contribution in [0.1, 0.15) is 0 Å². The van der Waals surface area contributed by atoms with E-state index in [1.54, 1.807) is 0 Å². The summed E-state index contributed by atoms with van der Waals surface area (Å²) in [5, 5.41) is 2.43. The first-order valence-corrected chi connectivity index (χ1v) is 18.3. The largest absolute Gasteiger partial charge is 0.310 e. The third-order valence-electron chi connectivity index (χ3n) is 9.36. The summed E-state index contributed by atoms with van der Waals surface area (Å²) in [5.41, 5.74) is 9.99. The third-order valence-corrected chi connectivity index (χ3v) is 10.6. The Hall–Kier alpha value is -6.62. The van der Waals surface area contributed by atoms with Crippen LogP contribution in [0.2, 0.25) is 0 Å². The molecule has 3 nitrogen and oxygen atoms in total. The van der Waals surface area contributed by atoms with Crippen molar-refractivity contribution in [3.8, 4) is 0 Å². The van der Waals surface area contributed by atoms with Crippen molar-refractivity contribution in [2.75, 3.05) is 14.7 Å². The van der Waals surface area contributed by atoms with E-state index in [1.165, 1.54) is 20.2 Å². The van der Waals surface area contributed by atoms with Crippen molar-refractivity contribution in [1.29, 1.82) is 0 Å². The number of fused-ring (bicyclic) bond motifs is 3. The molecule has 0 amide bonds. The first-order valence-electron chi connectivity index (χ1n) is 17.5. The highest BCUT2D eigenvalue weighted by molar-refractivity contribution is 7.26. The molecule has 0 radical (unpaired) electrons. The van der Waals surface area contributed by atoms with Crippen LogP contribution in [-0.4, -0.2) is 0 Å². The van der Waals surface area contributed by atoms with Gasteiger partial charge in [-0.2, -0.15) is 0 Å². The SMILES string of the molecule is c1ccc(N(c2ccccc2)c2ccc3sc4c(N(c5ccccc5)c5ccccc5)cc(N(c5ccccc5)c5ccccc5)cc4c3c2)cc1. The second-order valence-corrected chi connectivity index (χ2v) is 13.7. The van der Waals surface area contributed by atoms with Gasteiger partial charge in [0.1, 0.15) is 0 Å². The summed E-state index contributed by atoms with van der Waals surface area (Å²) >= 11 is 1.85. The fraction of sp³-hybridized carbons (Fsp3) is 0. The molecule has 52 heavy (non-hydrogen) atoms. The van der Waals surface area contributed by atoms with E-state index >= 15 is 0 Å². The van der Waals surface area contributed by atoms with Gasteiger partial charge in [-0.3, -0.25) is 0 Å². The van der Waals surface area contributed by atoms with Crippen molar-refractivity contribution in [2.24, 2.45) is 0 Å². The molecule has 0 aliphatic heterocycles. The smallest absolute Gasteiger partial charge is 0.0661 e. The summed E-state index contributed by atoms with van der Waals surface area (Å²) in [7, 11) is 0. The van der Waals surface area contributed by atoms with E-state index in [9.17, 15) is 0 Å². The zero-order chi connectivity index (χ0) is 34.7. The van der Waals surface area contributed by atoms with Crippen LogP contribution in [0, 0.1) is 0 Å². The van der Waals surface area contributed by atoms with Crippen LogP contribution >= 0.6 is 11.3 Å². The number of anilines is 9. The molecular weight excluding hydrogens is 651 g/mol. The molecule has 1 aromatic heterocycles. The monoisotopic (exact) mass is 685 g/mol. The van der Waals surface area contributed by atoms with Crippen molar-refractivity contribution in [2.45, 2.75) is 0 Å². The molecule has 0 fully saturated rings. The molecule has 1 heterocycles. The molecule has 0 spiro atoms. The predicted molar refractivity (Wildman–Crippen MR) is 223 cm³/mol. The molecule has 0 atom stereocenters. The van der Waals surface area contributed by atoms with Gasteiger partial charge in [0, 0.05) is 61.0 Å². The van der Waals surface area contributed by atoms with E-state index < -0.39 is 0 Å². The van der Waals surface area contributed by atoms with E-state index in [-0.39, 0.29) is 0 Å². The molecule has 9 aromatic rings. The van der Waals surface area contributed by atoms with E-state index in [0.717, 1.165) is 51.2 Å². The van der Waals surface area contributed by atoms with Crippen LogP contribution in [0.5, 0.6) is 0 Å². The maximum absolute atomic E-state index is 2.40. The molecular formula is C48H35N3S. The molecule has 0 N–H and O–H groups in total. The molecule has 0 unspecified atom stereocenters. The van der Waals surface area contributed by atoms with E-state index in [4.69, 9.17) is 0 Å². The minimum absolute atomic E-state index is 1.09. The number of thiophene rings is 1. The average molecular weight is 686 g/mol. The number of para-hydroxylation sites is 6. The molecule has 0 aliphatic carbocycles. The Balaban J connectivity index is 1.34. The number of hydrogen-bond acceptors (Lipinski definition) is 4. The summed E-state index contributed by atoms with van der Waals surface area (Å²) in [4.78, 5) is 7.11. The highest BCUT2D eigenvalue weighted by Gasteiger charge is 2.23. The van der Waals surface area contributed by atoms with Crippen molar-refractivity contribution in [1.82, 2.24) is 0 Å². The topological polar surface area (TPSA) is 9.72 Å². The Kier molecular flexibility index (Phi) is 8.41. The van der Waals surface area contributed by atoms with Crippen LogP contribution in [0.4, 0.5) is 51.2 Å². The van der Waals surface area contributed by atoms with Crippen LogP contribution in [0.3, 0.4) is 0 Å². The normalized spacial score (nSPS) is 11.1. The first kappa shape index (κ1) is 31.4. The van der Waals surface area contributed by atoms with Gasteiger partial charge in [-0.05, 0) is 103 Å². The standard InChI is InChI=1S/C48H35N3S/c1-7-19-36(20-8-1)49(37-21-9-2-10-22-37)42-31-32-47-44(33-42)45-34-43(50(38-23-11-3-12-24-38)39-25-13-4-14-26-39)35-46(48(45)52-47)51(40-27-15-5-16-28-40)41-29-17-6-18-30-41/h1-35H. The zero-order valence-electron chi connectivity index (χ0n) is 28.5. The summed E-state index contributed by atoms with van der Waals surface area (Å²) < 4.78 is 2.47. The second-order valence-electron chi connectivity index (χ2n) is 12.6. The number of benzene rings is 8. The van der Waals surface area contributed by atoms with Crippen molar-refractivity contribution in [3.63, 3.8) is 0 Å². The summed E-state index contributed by atoms with van der Waals surface area (Å²) in [6.07, 6.45) is 0. The predicted octanol–water partition coefficient (Wildman–Crippen LogP) is 14.5. The summed E-state index contributed by atoms with van der Waals surface area (Å²) in [6, 6.07) is 75.6. The number of hydrogen-bond donors (Lipinski definition) is 0. The minimum Gasteiger partial charge on any atom is -0.310 e. The maximum Gasteiger partial charge on any atom is 0.0661 e. The lowest BCUT2D eigenvalue weighted by atomic mass is 10.1. The Bertz CT molecular complexity index is 2440. The molecule has 4 heteroatoms. The van der Waals surface area contributed by atoms with Gasteiger partial charge in [-0.25, -0.2) is 0 Å². The van der Waals surface area contributed by atoms with Crippen molar-refractivity contribution < 1.29 is 0 Å². The highest BCUT2D eigenvalue weighted by Crippen LogP contribution is 2.50. The van der Waals surface area contributed by atoms with Gasteiger partial charge < -0.3 is 14.7 Å². The summed E-state index contributed by atoms with van der Waals surface area (Å²) in [6.45, 7) is 0. The number of nitrogens with zero attached hydrogens (tertiary/aromatic N) is 3. The Morgan fingerprint density at radius 1 is 0.269 bits per heavy atom. The van der Waals surface area contributed by atoms with Gasteiger partial charge in [0.15, 0.2) is 0 Å². The quantitative estimate of drug-likeness (QED) is 0.150. The lowest BCUT2D eigenvalue weighted by molar-refractivity contribution is 1.26. The fourth-order valence-corrected chi connectivity index (χ4v) is 8.22. The van der Waals surface area contributed by atoms with Gasteiger partial charge in [0.2, 0.25) is 0 Å². The molecule has 0 aliphatic rings. The van der Waals surface area contributed by atoms with Crippen LogP contribution in [0.25, 0.3) is 20.2 Å². The second kappa shape index (κ2) is 13.9. The van der Waals surface area contributed by atoms with E-state index in [1.807, 2.05) is 11.3 Å². The fourth-order valence-electron chi connectivity index (χ4n) is 7.05.